The van der Waals surface area contributed by atoms with Crippen molar-refractivity contribution in [2.75, 3.05) is 36.7 Å². The third-order valence-corrected chi connectivity index (χ3v) is 5.73. The molecule has 0 radical (unpaired) electrons. The van der Waals surface area contributed by atoms with Crippen LogP contribution in [0.1, 0.15) is 36.7 Å². The van der Waals surface area contributed by atoms with Gasteiger partial charge in [-0.2, -0.15) is 0 Å². The number of anilines is 1. The van der Waals surface area contributed by atoms with E-state index >= 15 is 0 Å². The van der Waals surface area contributed by atoms with Crippen molar-refractivity contribution in [3.8, 4) is 0 Å². The Hall–Kier alpha value is -1.60. The predicted octanol–water partition coefficient (Wildman–Crippen LogP) is 1.47. The lowest BCUT2D eigenvalue weighted by molar-refractivity contribution is 0.0949. The van der Waals surface area contributed by atoms with Crippen molar-refractivity contribution in [3.05, 3.63) is 29.3 Å². The molecule has 0 spiro atoms. The maximum absolute atomic E-state index is 12.3. The number of carbonyl (C=O) groups is 1. The number of carbonyl (C=O) groups excluding carboxylic acids is 1. The van der Waals surface area contributed by atoms with E-state index in [1.165, 1.54) is 10.6 Å². The normalized spacial score (nSPS) is 17.2. The number of likely N-dealkylation sites (N-methyl/N-ethyl adjacent to an activating group) is 1. The van der Waals surface area contributed by atoms with Crippen molar-refractivity contribution < 1.29 is 13.2 Å². The fourth-order valence-electron chi connectivity index (χ4n) is 3.22. The molecule has 0 saturated carbocycles. The summed E-state index contributed by atoms with van der Waals surface area (Å²) >= 11 is 0. The van der Waals surface area contributed by atoms with E-state index < -0.39 is 10.0 Å². The number of fused-ring (bicyclic) bond motifs is 1. The Labute approximate surface area is 144 Å². The Kier molecular flexibility index (Phi) is 5.87. The highest BCUT2D eigenvalue weighted by Crippen LogP contribution is 2.34. The van der Waals surface area contributed by atoms with E-state index in [1.54, 1.807) is 12.1 Å². The van der Waals surface area contributed by atoms with E-state index in [1.807, 2.05) is 13.0 Å². The molecule has 0 aliphatic carbocycles. The maximum Gasteiger partial charge on any atom is 0.251 e. The first kappa shape index (κ1) is 18.7. The molecule has 1 amide bonds. The molecule has 0 aromatic heterocycles. The molecule has 1 aliphatic heterocycles. The minimum Gasteiger partial charge on any atom is -0.351 e. The summed E-state index contributed by atoms with van der Waals surface area (Å²) in [5.74, 6) is -0.115. The molecular formula is C17H27N3O3S. The minimum absolute atomic E-state index is 0.115. The van der Waals surface area contributed by atoms with Gasteiger partial charge in [-0.25, -0.2) is 8.42 Å². The quantitative estimate of drug-likeness (QED) is 0.806. The Balaban J connectivity index is 2.07. The van der Waals surface area contributed by atoms with E-state index in [-0.39, 0.29) is 11.9 Å². The molecule has 134 valence electrons. The van der Waals surface area contributed by atoms with Gasteiger partial charge in [0.05, 0.1) is 11.9 Å². The number of hydrogen-bond donors (Lipinski definition) is 1. The highest BCUT2D eigenvalue weighted by Gasteiger charge is 2.32. The number of nitrogens with one attached hydrogen (secondary N) is 1. The molecule has 1 aromatic carbocycles. The summed E-state index contributed by atoms with van der Waals surface area (Å²) in [5.41, 5.74) is 2.17. The first-order valence-electron chi connectivity index (χ1n) is 8.40. The highest BCUT2D eigenvalue weighted by atomic mass is 32.2. The van der Waals surface area contributed by atoms with Crippen molar-refractivity contribution in [1.82, 2.24) is 10.2 Å². The molecule has 7 heteroatoms. The molecular weight excluding hydrogens is 326 g/mol. The average molecular weight is 353 g/mol. The number of sulfonamides is 1. The largest absolute Gasteiger partial charge is 0.351 e. The monoisotopic (exact) mass is 353 g/mol. The fourth-order valence-corrected chi connectivity index (χ4v) is 4.48. The van der Waals surface area contributed by atoms with Crippen molar-refractivity contribution in [2.45, 2.75) is 33.2 Å². The van der Waals surface area contributed by atoms with Gasteiger partial charge in [0.25, 0.3) is 5.91 Å². The van der Waals surface area contributed by atoms with Gasteiger partial charge >= 0.3 is 0 Å². The molecule has 0 saturated heterocycles. The van der Waals surface area contributed by atoms with Crippen molar-refractivity contribution in [2.24, 2.45) is 0 Å². The maximum atomic E-state index is 12.3. The Bertz CT molecular complexity index is 699. The zero-order chi connectivity index (χ0) is 17.9. The molecule has 1 unspecified atom stereocenters. The second-order valence-electron chi connectivity index (χ2n) is 6.24. The summed E-state index contributed by atoms with van der Waals surface area (Å²) in [5, 5.41) is 2.93. The SMILES string of the molecule is CCN(CC)CCNC(=O)c1ccc2c(c1)CC(C)N2S(C)(=O)=O. The Morgan fingerprint density at radius 1 is 1.33 bits per heavy atom. The summed E-state index contributed by atoms with van der Waals surface area (Å²) in [6.07, 6.45) is 1.84. The highest BCUT2D eigenvalue weighted by molar-refractivity contribution is 7.92. The van der Waals surface area contributed by atoms with Crippen LogP contribution in [-0.4, -0.2) is 57.7 Å². The van der Waals surface area contributed by atoms with Gasteiger partial charge in [0.1, 0.15) is 0 Å². The van der Waals surface area contributed by atoms with Crippen LogP contribution >= 0.6 is 0 Å². The van der Waals surface area contributed by atoms with Crippen LogP contribution in [0.3, 0.4) is 0 Å². The topological polar surface area (TPSA) is 69.7 Å². The summed E-state index contributed by atoms with van der Waals surface area (Å²) < 4.78 is 25.3. The molecule has 0 bridgehead atoms. The van der Waals surface area contributed by atoms with Crippen LogP contribution in [0.4, 0.5) is 5.69 Å². The van der Waals surface area contributed by atoms with Crippen LogP contribution < -0.4 is 9.62 Å². The Morgan fingerprint density at radius 3 is 2.58 bits per heavy atom. The van der Waals surface area contributed by atoms with Crippen LogP contribution in [0.25, 0.3) is 0 Å². The lowest BCUT2D eigenvalue weighted by Gasteiger charge is -2.22. The number of benzene rings is 1. The van der Waals surface area contributed by atoms with Gasteiger partial charge in [-0.15, -0.1) is 0 Å². The smallest absolute Gasteiger partial charge is 0.251 e. The van der Waals surface area contributed by atoms with Crippen molar-refractivity contribution in [1.29, 1.82) is 0 Å². The second kappa shape index (κ2) is 7.53. The lowest BCUT2D eigenvalue weighted by atomic mass is 10.1. The molecule has 1 N–H and O–H groups in total. The van der Waals surface area contributed by atoms with Gasteiger partial charge in [-0.05, 0) is 50.2 Å². The third kappa shape index (κ3) is 4.08. The molecule has 1 heterocycles. The molecule has 1 aliphatic rings. The van der Waals surface area contributed by atoms with Crippen LogP contribution in [0.2, 0.25) is 0 Å². The minimum atomic E-state index is -3.30. The molecule has 0 fully saturated rings. The first-order chi connectivity index (χ1) is 11.3. The van der Waals surface area contributed by atoms with Gasteiger partial charge in [0, 0.05) is 24.7 Å². The van der Waals surface area contributed by atoms with Crippen molar-refractivity contribution >= 4 is 21.6 Å². The Morgan fingerprint density at radius 2 is 2.00 bits per heavy atom. The van der Waals surface area contributed by atoms with E-state index in [4.69, 9.17) is 0 Å². The van der Waals surface area contributed by atoms with Crippen LogP contribution in [0, 0.1) is 0 Å². The molecule has 1 aromatic rings. The van der Waals surface area contributed by atoms with Gasteiger partial charge < -0.3 is 10.2 Å². The van der Waals surface area contributed by atoms with Crippen molar-refractivity contribution in [3.63, 3.8) is 0 Å². The van der Waals surface area contributed by atoms with Gasteiger partial charge in [0.15, 0.2) is 0 Å². The van der Waals surface area contributed by atoms with E-state index in [0.29, 0.717) is 24.2 Å². The van der Waals surface area contributed by atoms with Crippen LogP contribution in [-0.2, 0) is 16.4 Å². The summed E-state index contributed by atoms with van der Waals surface area (Å²) in [6, 6.07) is 5.13. The summed E-state index contributed by atoms with van der Waals surface area (Å²) in [4.78, 5) is 14.5. The zero-order valence-electron chi connectivity index (χ0n) is 14.9. The molecule has 24 heavy (non-hydrogen) atoms. The van der Waals surface area contributed by atoms with Crippen LogP contribution in [0.15, 0.2) is 18.2 Å². The summed E-state index contributed by atoms with van der Waals surface area (Å²) in [7, 11) is -3.30. The first-order valence-corrected chi connectivity index (χ1v) is 10.3. The standard InChI is InChI=1S/C17H27N3O3S/c1-5-19(6-2)10-9-18-17(21)14-7-8-16-15(12-14)11-13(3)20(16)24(4,22)23/h7-8,12-13H,5-6,9-11H2,1-4H3,(H,18,21). The molecule has 2 rings (SSSR count). The van der Waals surface area contributed by atoms with E-state index in [2.05, 4.69) is 24.1 Å². The summed E-state index contributed by atoms with van der Waals surface area (Å²) in [6.45, 7) is 9.42. The molecule has 6 nitrogen and oxygen atoms in total. The second-order valence-corrected chi connectivity index (χ2v) is 8.10. The number of nitrogens with zero attached hydrogens (tertiary/aromatic N) is 2. The number of hydrogen-bond acceptors (Lipinski definition) is 4. The zero-order valence-corrected chi connectivity index (χ0v) is 15.7. The van der Waals surface area contributed by atoms with Gasteiger partial charge in [-0.1, -0.05) is 13.8 Å². The number of rotatable bonds is 7. The van der Waals surface area contributed by atoms with E-state index in [9.17, 15) is 13.2 Å². The predicted molar refractivity (Wildman–Crippen MR) is 97.1 cm³/mol. The van der Waals surface area contributed by atoms with Gasteiger partial charge in [0.2, 0.25) is 10.0 Å². The van der Waals surface area contributed by atoms with Crippen LogP contribution in [0.5, 0.6) is 0 Å². The van der Waals surface area contributed by atoms with Gasteiger partial charge in [-0.3, -0.25) is 9.10 Å². The average Bonchev–Trinajstić information content (AvgIpc) is 2.86. The fraction of sp³-hybridized carbons (Fsp3) is 0.588. The lowest BCUT2D eigenvalue weighted by Crippen LogP contribution is -2.35. The number of amides is 1. The third-order valence-electron chi connectivity index (χ3n) is 4.46. The van der Waals surface area contributed by atoms with E-state index in [0.717, 1.165) is 25.2 Å². The molecule has 1 atom stereocenters.